The average Bonchev–Trinajstić information content (AvgIpc) is 3.42. The molecule has 8 heteroatoms. The van der Waals surface area contributed by atoms with Gasteiger partial charge in [0, 0.05) is 36.9 Å². The van der Waals surface area contributed by atoms with Crippen molar-refractivity contribution in [1.29, 1.82) is 0 Å². The summed E-state index contributed by atoms with van der Waals surface area (Å²) in [6, 6.07) is 2.96. The van der Waals surface area contributed by atoms with Crippen LogP contribution in [0.3, 0.4) is 0 Å². The number of anilines is 1. The summed E-state index contributed by atoms with van der Waals surface area (Å²) in [5.74, 6) is 0. The second-order valence-corrected chi connectivity index (χ2v) is 12.6. The summed E-state index contributed by atoms with van der Waals surface area (Å²) in [5.41, 5.74) is 5.98. The van der Waals surface area contributed by atoms with Gasteiger partial charge in [-0.3, -0.25) is 4.90 Å². The first-order valence-electron chi connectivity index (χ1n) is 12.3. The number of carbonyl (C=O) groups excluding carboxylic acids is 1. The lowest BCUT2D eigenvalue weighted by atomic mass is 9.96. The molecule has 6 rings (SSSR count). The van der Waals surface area contributed by atoms with E-state index in [-0.39, 0.29) is 0 Å². The summed E-state index contributed by atoms with van der Waals surface area (Å²) < 4.78 is 28.8. The van der Waals surface area contributed by atoms with Crippen LogP contribution in [-0.4, -0.2) is 67.8 Å². The number of sulfonamides is 1. The molecule has 2 amide bonds. The van der Waals surface area contributed by atoms with Gasteiger partial charge in [0.2, 0.25) is 10.0 Å². The summed E-state index contributed by atoms with van der Waals surface area (Å²) in [4.78, 5) is 17.8. The Labute approximate surface area is 191 Å². The zero-order chi connectivity index (χ0) is 22.0. The maximum Gasteiger partial charge on any atom is 0.332 e. The molecule has 1 aromatic carbocycles. The molecule has 1 unspecified atom stereocenters. The first kappa shape index (κ1) is 20.9. The Bertz CT molecular complexity index is 1000. The Hall–Kier alpha value is -1.64. The van der Waals surface area contributed by atoms with Crippen molar-refractivity contribution in [3.05, 3.63) is 28.3 Å². The number of benzene rings is 1. The van der Waals surface area contributed by atoms with Gasteiger partial charge in [-0.25, -0.2) is 17.9 Å². The molecule has 1 aromatic rings. The highest BCUT2D eigenvalue weighted by Gasteiger charge is 2.49. The Morgan fingerprint density at radius 3 is 2.09 bits per heavy atom. The molecule has 7 nitrogen and oxygen atoms in total. The van der Waals surface area contributed by atoms with Crippen LogP contribution < -0.4 is 10.0 Å². The zero-order valence-electron chi connectivity index (χ0n) is 18.9. The number of amides is 2. The highest BCUT2D eigenvalue weighted by Crippen LogP contribution is 2.41. The number of likely N-dealkylation sites (N-methyl/N-ethyl adjacent to an activating group) is 1. The number of hydrogen-bond acceptors (Lipinski definition) is 5. The van der Waals surface area contributed by atoms with Crippen LogP contribution in [0.1, 0.15) is 60.8 Å². The van der Waals surface area contributed by atoms with Gasteiger partial charge in [-0.15, -0.1) is 0 Å². The van der Waals surface area contributed by atoms with Crippen LogP contribution in [0.25, 0.3) is 0 Å². The van der Waals surface area contributed by atoms with Crippen LogP contribution >= 0.6 is 0 Å². The van der Waals surface area contributed by atoms with Crippen molar-refractivity contribution in [2.24, 2.45) is 0 Å². The molecule has 0 aromatic heterocycles. The third-order valence-electron chi connectivity index (χ3n) is 8.60. The van der Waals surface area contributed by atoms with Gasteiger partial charge in [0.05, 0.1) is 5.25 Å². The number of likely N-dealkylation sites (tertiary alicyclic amines) is 1. The highest BCUT2D eigenvalue weighted by molar-refractivity contribution is 7.90. The fourth-order valence-electron chi connectivity index (χ4n) is 7.19. The summed E-state index contributed by atoms with van der Waals surface area (Å²) in [7, 11) is -1.57. The fraction of sp³-hybridized carbons (Fsp3) is 0.708. The van der Waals surface area contributed by atoms with Crippen LogP contribution in [0.2, 0.25) is 0 Å². The maximum absolute atomic E-state index is 13.2. The third-order valence-corrected chi connectivity index (χ3v) is 10.3. The van der Waals surface area contributed by atoms with Gasteiger partial charge in [0.15, 0.2) is 0 Å². The van der Waals surface area contributed by atoms with E-state index in [4.69, 9.17) is 0 Å². The van der Waals surface area contributed by atoms with Crippen molar-refractivity contribution in [1.82, 2.24) is 14.5 Å². The van der Waals surface area contributed by atoms with Gasteiger partial charge in [-0.1, -0.05) is 6.07 Å². The van der Waals surface area contributed by atoms with Crippen molar-refractivity contribution < 1.29 is 13.2 Å². The molecule has 5 aliphatic rings. The van der Waals surface area contributed by atoms with Crippen LogP contribution in [0.4, 0.5) is 10.5 Å². The maximum atomic E-state index is 13.2. The molecule has 0 saturated carbocycles. The van der Waals surface area contributed by atoms with Crippen molar-refractivity contribution in [3.63, 3.8) is 0 Å². The molecule has 3 heterocycles. The topological polar surface area (TPSA) is 81.8 Å². The molecule has 3 aliphatic heterocycles. The molecule has 2 aliphatic carbocycles. The van der Waals surface area contributed by atoms with Gasteiger partial charge < -0.3 is 10.2 Å². The number of carbonyl (C=O) groups is 1. The number of nitrogens with zero attached hydrogens (tertiary/aromatic N) is 2. The first-order valence-corrected chi connectivity index (χ1v) is 13.9. The van der Waals surface area contributed by atoms with Gasteiger partial charge in [0.25, 0.3) is 0 Å². The molecule has 3 saturated heterocycles. The molecule has 0 radical (unpaired) electrons. The molecule has 3 atom stereocenters. The SMILES string of the molecule is CN1CC(N2C3CC[C@H]2C[C@@H](S(=O)(=O)NC(=O)Nc2c4c(cc5c2CCC5)CCC4)C3)C1. The van der Waals surface area contributed by atoms with Gasteiger partial charge >= 0.3 is 6.03 Å². The van der Waals surface area contributed by atoms with E-state index in [2.05, 4.69) is 33.0 Å². The minimum atomic E-state index is -3.70. The lowest BCUT2D eigenvalue weighted by Gasteiger charge is -2.50. The summed E-state index contributed by atoms with van der Waals surface area (Å²) in [6.45, 7) is 2.16. The fourth-order valence-corrected chi connectivity index (χ4v) is 8.61. The minimum absolute atomic E-state index is 0.331. The number of hydrogen-bond donors (Lipinski definition) is 2. The highest BCUT2D eigenvalue weighted by atomic mass is 32.2. The monoisotopic (exact) mass is 458 g/mol. The van der Waals surface area contributed by atoms with Crippen molar-refractivity contribution >= 4 is 21.7 Å². The Morgan fingerprint density at radius 2 is 1.53 bits per heavy atom. The Kier molecular flexibility index (Phi) is 5.04. The van der Waals surface area contributed by atoms with Gasteiger partial charge in [0.1, 0.15) is 0 Å². The van der Waals surface area contributed by atoms with Gasteiger partial charge in [-0.2, -0.15) is 0 Å². The number of fused-ring (bicyclic) bond motifs is 4. The standard InChI is InChI=1S/C24H34N4O3S/c1-27-13-19(14-27)28-17-8-9-18(28)12-20(11-17)32(30,31)26-24(29)25-23-21-6-2-4-15(21)10-16-5-3-7-22(16)23/h10,17-20H,2-9,11-14H2,1H3,(H2,25,26,29)/t17-,18?,20+/m0/s1. The largest absolute Gasteiger partial charge is 0.332 e. The number of urea groups is 1. The Balaban J connectivity index is 1.15. The molecule has 174 valence electrons. The van der Waals surface area contributed by atoms with E-state index in [1.807, 2.05) is 0 Å². The summed E-state index contributed by atoms with van der Waals surface area (Å²) in [5, 5.41) is 2.50. The summed E-state index contributed by atoms with van der Waals surface area (Å²) >= 11 is 0. The summed E-state index contributed by atoms with van der Waals surface area (Å²) in [6.07, 6.45) is 9.65. The van der Waals surface area contributed by atoms with Crippen molar-refractivity contribution in [2.75, 3.05) is 25.5 Å². The van der Waals surface area contributed by atoms with Gasteiger partial charge in [-0.05, 0) is 93.5 Å². The van der Waals surface area contributed by atoms with E-state index >= 15 is 0 Å². The molecule has 32 heavy (non-hydrogen) atoms. The van der Waals surface area contributed by atoms with Crippen LogP contribution in [0.15, 0.2) is 6.07 Å². The molecule has 3 fully saturated rings. The smallest absolute Gasteiger partial charge is 0.307 e. The van der Waals surface area contributed by atoms with E-state index in [1.165, 1.54) is 22.3 Å². The average molecular weight is 459 g/mol. The third kappa shape index (κ3) is 3.46. The molecule has 0 spiro atoms. The van der Waals surface area contributed by atoms with Crippen LogP contribution in [-0.2, 0) is 35.7 Å². The van der Waals surface area contributed by atoms with E-state index in [1.54, 1.807) is 0 Å². The normalized spacial score (nSPS) is 30.1. The number of rotatable bonds is 4. The minimum Gasteiger partial charge on any atom is -0.307 e. The van der Waals surface area contributed by atoms with Crippen LogP contribution in [0, 0.1) is 0 Å². The second kappa shape index (κ2) is 7.71. The molecule has 2 N–H and O–H groups in total. The number of aryl methyl sites for hydroxylation is 2. The quantitative estimate of drug-likeness (QED) is 0.724. The molecular weight excluding hydrogens is 424 g/mol. The predicted octanol–water partition coefficient (Wildman–Crippen LogP) is 2.42. The van der Waals surface area contributed by atoms with E-state index in [9.17, 15) is 13.2 Å². The van der Waals surface area contributed by atoms with E-state index in [0.29, 0.717) is 31.0 Å². The van der Waals surface area contributed by atoms with Crippen LogP contribution in [0.5, 0.6) is 0 Å². The predicted molar refractivity (Wildman–Crippen MR) is 125 cm³/mol. The Morgan fingerprint density at radius 1 is 0.938 bits per heavy atom. The second-order valence-electron chi connectivity index (χ2n) is 10.6. The lowest BCUT2D eigenvalue weighted by Crippen LogP contribution is -2.63. The first-order chi connectivity index (χ1) is 15.4. The number of nitrogens with one attached hydrogen (secondary N) is 2. The van der Waals surface area contributed by atoms with Crippen molar-refractivity contribution in [3.8, 4) is 0 Å². The van der Waals surface area contributed by atoms with Crippen molar-refractivity contribution in [2.45, 2.75) is 87.6 Å². The van der Waals surface area contributed by atoms with E-state index in [0.717, 1.165) is 70.1 Å². The zero-order valence-corrected chi connectivity index (χ0v) is 19.7. The lowest BCUT2D eigenvalue weighted by molar-refractivity contribution is 0.000515. The van der Waals surface area contributed by atoms with E-state index < -0.39 is 21.3 Å². The molecular formula is C24H34N4O3S. The molecule has 2 bridgehead atoms. The number of piperidine rings is 1.